The first-order chi connectivity index (χ1) is 8.78. The average molecular weight is 244 g/mol. The lowest BCUT2D eigenvalue weighted by atomic mass is 9.81. The van der Waals surface area contributed by atoms with Gasteiger partial charge in [0.25, 0.3) is 0 Å². The van der Waals surface area contributed by atoms with Gasteiger partial charge in [-0.3, -0.25) is 4.98 Å². The number of nitrogens with one attached hydrogen (secondary N) is 1. The van der Waals surface area contributed by atoms with Crippen molar-refractivity contribution in [2.45, 2.75) is 45.6 Å². The Kier molecular flexibility index (Phi) is 3.38. The first-order valence-corrected chi connectivity index (χ1v) is 7.44. The van der Waals surface area contributed by atoms with Gasteiger partial charge in [-0.1, -0.05) is 13.3 Å². The van der Waals surface area contributed by atoms with Crippen LogP contribution in [0.1, 0.15) is 49.9 Å². The zero-order valence-corrected chi connectivity index (χ0v) is 11.5. The number of hydrogen-bond acceptors (Lipinski definition) is 2. The third kappa shape index (κ3) is 2.18. The highest BCUT2D eigenvalue weighted by atomic mass is 14.9. The molecule has 18 heavy (non-hydrogen) atoms. The fourth-order valence-corrected chi connectivity index (χ4v) is 4.13. The summed E-state index contributed by atoms with van der Waals surface area (Å²) in [5.74, 6) is 2.77. The number of aromatic nitrogens is 1. The van der Waals surface area contributed by atoms with E-state index in [1.54, 1.807) is 0 Å². The average Bonchev–Trinajstić information content (AvgIpc) is 2.98. The van der Waals surface area contributed by atoms with E-state index in [2.05, 4.69) is 36.3 Å². The Balaban J connectivity index is 1.84. The Labute approximate surface area is 110 Å². The second-order valence-corrected chi connectivity index (χ2v) is 6.13. The molecular weight excluding hydrogens is 220 g/mol. The van der Waals surface area contributed by atoms with Gasteiger partial charge in [0.05, 0.1) is 11.7 Å². The topological polar surface area (TPSA) is 24.9 Å². The summed E-state index contributed by atoms with van der Waals surface area (Å²) < 4.78 is 0. The van der Waals surface area contributed by atoms with Crippen LogP contribution in [0.15, 0.2) is 18.3 Å². The van der Waals surface area contributed by atoms with Gasteiger partial charge in [0.2, 0.25) is 0 Å². The first kappa shape index (κ1) is 12.2. The fourth-order valence-electron chi connectivity index (χ4n) is 4.13. The number of rotatable bonds is 4. The highest BCUT2D eigenvalue weighted by molar-refractivity contribution is 5.19. The third-order valence-electron chi connectivity index (χ3n) is 4.90. The maximum absolute atomic E-state index is 4.62. The van der Waals surface area contributed by atoms with Crippen molar-refractivity contribution in [3.63, 3.8) is 0 Å². The maximum Gasteiger partial charge on any atom is 0.0578 e. The molecule has 98 valence electrons. The molecule has 0 saturated heterocycles. The SMILES string of the molecule is CCNC(c1cc(C)ccn1)C1CC2CCC1C2. The Morgan fingerprint density at radius 3 is 2.89 bits per heavy atom. The van der Waals surface area contributed by atoms with E-state index < -0.39 is 0 Å². The van der Waals surface area contributed by atoms with E-state index in [4.69, 9.17) is 0 Å². The van der Waals surface area contributed by atoms with Gasteiger partial charge >= 0.3 is 0 Å². The van der Waals surface area contributed by atoms with Crippen LogP contribution in [0.25, 0.3) is 0 Å². The molecule has 2 aliphatic carbocycles. The molecule has 1 N–H and O–H groups in total. The number of aryl methyl sites for hydroxylation is 1. The second-order valence-electron chi connectivity index (χ2n) is 6.13. The number of nitrogens with zero attached hydrogens (tertiary/aromatic N) is 1. The number of pyridine rings is 1. The Bertz CT molecular complexity index is 415. The van der Waals surface area contributed by atoms with E-state index in [0.29, 0.717) is 6.04 Å². The second kappa shape index (κ2) is 5.00. The molecule has 2 bridgehead atoms. The molecule has 4 unspecified atom stereocenters. The van der Waals surface area contributed by atoms with Crippen LogP contribution in [-0.4, -0.2) is 11.5 Å². The minimum atomic E-state index is 0.477. The van der Waals surface area contributed by atoms with E-state index >= 15 is 0 Å². The van der Waals surface area contributed by atoms with Crippen LogP contribution >= 0.6 is 0 Å². The van der Waals surface area contributed by atoms with Crippen LogP contribution in [0.4, 0.5) is 0 Å². The minimum Gasteiger partial charge on any atom is -0.309 e. The van der Waals surface area contributed by atoms with Crippen LogP contribution in [0, 0.1) is 24.7 Å². The highest BCUT2D eigenvalue weighted by Crippen LogP contribution is 2.52. The summed E-state index contributed by atoms with van der Waals surface area (Å²) in [5.41, 5.74) is 2.58. The van der Waals surface area contributed by atoms with Crippen LogP contribution in [0.3, 0.4) is 0 Å². The van der Waals surface area contributed by atoms with Gasteiger partial charge in [0.15, 0.2) is 0 Å². The fraction of sp³-hybridized carbons (Fsp3) is 0.688. The molecule has 0 aromatic carbocycles. The lowest BCUT2D eigenvalue weighted by Gasteiger charge is -2.31. The molecule has 3 rings (SSSR count). The van der Waals surface area contributed by atoms with E-state index in [1.165, 1.54) is 36.9 Å². The molecule has 4 atom stereocenters. The minimum absolute atomic E-state index is 0.477. The Hall–Kier alpha value is -0.890. The molecule has 0 spiro atoms. The van der Waals surface area contributed by atoms with Crippen molar-refractivity contribution < 1.29 is 0 Å². The Morgan fingerprint density at radius 2 is 2.28 bits per heavy atom. The number of fused-ring (bicyclic) bond motifs is 2. The standard InChI is InChI=1S/C16H24N2/c1-3-17-16(15-8-11(2)6-7-18-15)14-10-12-4-5-13(14)9-12/h6-8,12-14,16-17H,3-5,9-10H2,1-2H3. The van der Waals surface area contributed by atoms with E-state index in [0.717, 1.165) is 24.3 Å². The van der Waals surface area contributed by atoms with Gasteiger partial charge in [-0.2, -0.15) is 0 Å². The van der Waals surface area contributed by atoms with Crippen molar-refractivity contribution in [2.75, 3.05) is 6.54 Å². The zero-order chi connectivity index (χ0) is 12.5. The molecule has 1 aromatic rings. The highest BCUT2D eigenvalue weighted by Gasteiger charge is 2.43. The van der Waals surface area contributed by atoms with Crippen molar-refractivity contribution in [1.29, 1.82) is 0 Å². The normalized spacial score (nSPS) is 31.8. The number of hydrogen-bond donors (Lipinski definition) is 1. The molecule has 2 aliphatic rings. The van der Waals surface area contributed by atoms with Crippen LogP contribution in [0.2, 0.25) is 0 Å². The van der Waals surface area contributed by atoms with Gasteiger partial charge in [-0.15, -0.1) is 0 Å². The van der Waals surface area contributed by atoms with Crippen LogP contribution in [0.5, 0.6) is 0 Å². The first-order valence-electron chi connectivity index (χ1n) is 7.44. The lowest BCUT2D eigenvalue weighted by molar-refractivity contribution is 0.249. The van der Waals surface area contributed by atoms with Crippen molar-refractivity contribution in [1.82, 2.24) is 10.3 Å². The molecule has 1 heterocycles. The third-order valence-corrected chi connectivity index (χ3v) is 4.90. The maximum atomic E-state index is 4.62. The quantitative estimate of drug-likeness (QED) is 0.877. The Morgan fingerprint density at radius 1 is 1.39 bits per heavy atom. The van der Waals surface area contributed by atoms with Gasteiger partial charge in [-0.05, 0) is 68.2 Å². The zero-order valence-electron chi connectivity index (χ0n) is 11.5. The van der Waals surface area contributed by atoms with Crippen LogP contribution in [-0.2, 0) is 0 Å². The molecule has 2 fully saturated rings. The predicted molar refractivity (Wildman–Crippen MR) is 74.3 cm³/mol. The van der Waals surface area contributed by atoms with Gasteiger partial charge < -0.3 is 5.32 Å². The van der Waals surface area contributed by atoms with Crippen molar-refractivity contribution >= 4 is 0 Å². The molecule has 2 saturated carbocycles. The summed E-state index contributed by atoms with van der Waals surface area (Å²) in [6.07, 6.45) is 7.77. The summed E-state index contributed by atoms with van der Waals surface area (Å²) in [6.45, 7) is 5.40. The van der Waals surface area contributed by atoms with Crippen molar-refractivity contribution in [2.24, 2.45) is 17.8 Å². The summed E-state index contributed by atoms with van der Waals surface area (Å²) in [4.78, 5) is 4.62. The predicted octanol–water partition coefficient (Wildman–Crippen LogP) is 3.48. The summed E-state index contributed by atoms with van der Waals surface area (Å²) >= 11 is 0. The van der Waals surface area contributed by atoms with Crippen molar-refractivity contribution in [3.05, 3.63) is 29.6 Å². The van der Waals surface area contributed by atoms with Crippen LogP contribution < -0.4 is 5.32 Å². The smallest absolute Gasteiger partial charge is 0.0578 e. The summed E-state index contributed by atoms with van der Waals surface area (Å²) in [7, 11) is 0. The molecular formula is C16H24N2. The van der Waals surface area contributed by atoms with E-state index in [1.807, 2.05) is 6.20 Å². The van der Waals surface area contributed by atoms with E-state index in [9.17, 15) is 0 Å². The molecule has 2 nitrogen and oxygen atoms in total. The summed E-state index contributed by atoms with van der Waals surface area (Å²) in [6, 6.07) is 4.83. The summed E-state index contributed by atoms with van der Waals surface area (Å²) in [5, 5.41) is 3.69. The van der Waals surface area contributed by atoms with Crippen molar-refractivity contribution in [3.8, 4) is 0 Å². The molecule has 0 radical (unpaired) electrons. The monoisotopic (exact) mass is 244 g/mol. The van der Waals surface area contributed by atoms with Gasteiger partial charge in [0.1, 0.15) is 0 Å². The van der Waals surface area contributed by atoms with Gasteiger partial charge in [-0.25, -0.2) is 0 Å². The van der Waals surface area contributed by atoms with E-state index in [-0.39, 0.29) is 0 Å². The lowest BCUT2D eigenvalue weighted by Crippen LogP contribution is -2.32. The largest absolute Gasteiger partial charge is 0.309 e. The van der Waals surface area contributed by atoms with Gasteiger partial charge in [0, 0.05) is 6.20 Å². The molecule has 2 heteroatoms. The molecule has 0 aliphatic heterocycles. The molecule has 1 aromatic heterocycles. The molecule has 0 amide bonds.